The van der Waals surface area contributed by atoms with Crippen LogP contribution in [-0.4, -0.2) is 47.2 Å². The first-order valence-corrected chi connectivity index (χ1v) is 10.8. The highest BCUT2D eigenvalue weighted by atomic mass is 32.2. The normalized spacial score (nSPS) is 13.5. The van der Waals surface area contributed by atoms with Gasteiger partial charge in [-0.25, -0.2) is 8.42 Å². The summed E-state index contributed by atoms with van der Waals surface area (Å²) < 4.78 is 38.7. The van der Waals surface area contributed by atoms with Gasteiger partial charge in [-0.2, -0.15) is 4.72 Å². The summed E-state index contributed by atoms with van der Waals surface area (Å²) in [6.07, 6.45) is 0.223. The highest BCUT2D eigenvalue weighted by Crippen LogP contribution is 2.21. The molecule has 0 unspecified atom stereocenters. The zero-order valence-corrected chi connectivity index (χ0v) is 18.0. The van der Waals surface area contributed by atoms with Crippen LogP contribution in [-0.2, 0) is 26.0 Å². The summed E-state index contributed by atoms with van der Waals surface area (Å²) in [5, 5.41) is 2.79. The molecule has 0 bridgehead atoms. The number of hydrogen-bond donors (Lipinski definition) is 2. The van der Waals surface area contributed by atoms with Crippen molar-refractivity contribution in [3.8, 4) is 5.75 Å². The summed E-state index contributed by atoms with van der Waals surface area (Å²) in [6.45, 7) is 3.88. The highest BCUT2D eigenvalue weighted by molar-refractivity contribution is 7.89. The van der Waals surface area contributed by atoms with Crippen LogP contribution in [0.15, 0.2) is 53.4 Å². The molecule has 0 aliphatic carbocycles. The van der Waals surface area contributed by atoms with Crippen molar-refractivity contribution >= 4 is 15.9 Å². The number of methoxy groups -OCH3 is 2. The van der Waals surface area contributed by atoms with Gasteiger partial charge in [0.2, 0.25) is 15.9 Å². The van der Waals surface area contributed by atoms with Gasteiger partial charge in [0.1, 0.15) is 11.8 Å². The van der Waals surface area contributed by atoms with Gasteiger partial charge in [0.15, 0.2) is 0 Å². The molecule has 2 atom stereocenters. The molecule has 0 aromatic heterocycles. The summed E-state index contributed by atoms with van der Waals surface area (Å²) in [6, 6.07) is 12.6. The quantitative estimate of drug-likeness (QED) is 0.614. The zero-order valence-electron chi connectivity index (χ0n) is 17.1. The molecule has 2 aromatic rings. The van der Waals surface area contributed by atoms with E-state index >= 15 is 0 Å². The van der Waals surface area contributed by atoms with Crippen molar-refractivity contribution in [3.05, 3.63) is 59.7 Å². The van der Waals surface area contributed by atoms with Crippen molar-refractivity contribution in [1.82, 2.24) is 10.0 Å². The van der Waals surface area contributed by atoms with E-state index in [1.165, 1.54) is 19.2 Å². The van der Waals surface area contributed by atoms with Crippen LogP contribution in [0.1, 0.15) is 18.1 Å². The number of ether oxygens (including phenoxy) is 2. The maximum atomic E-state index is 12.9. The van der Waals surface area contributed by atoms with Crippen molar-refractivity contribution in [2.24, 2.45) is 0 Å². The Kier molecular flexibility index (Phi) is 8.19. The first kappa shape index (κ1) is 22.9. The topological polar surface area (TPSA) is 93.7 Å². The molecule has 7 nitrogen and oxygen atoms in total. The minimum absolute atomic E-state index is 0.0756. The third-order valence-electron chi connectivity index (χ3n) is 4.38. The number of carbonyl (C=O) groups excluding carboxylic acids is 1. The maximum Gasteiger partial charge on any atom is 0.241 e. The lowest BCUT2D eigenvalue weighted by Crippen LogP contribution is -2.50. The van der Waals surface area contributed by atoms with E-state index in [1.807, 2.05) is 30.3 Å². The van der Waals surface area contributed by atoms with E-state index in [0.29, 0.717) is 17.9 Å². The van der Waals surface area contributed by atoms with E-state index in [1.54, 1.807) is 27.0 Å². The molecular weight excluding hydrogens is 392 g/mol. The van der Waals surface area contributed by atoms with E-state index < -0.39 is 22.0 Å². The van der Waals surface area contributed by atoms with Crippen LogP contribution in [0.4, 0.5) is 0 Å². The SMILES string of the molecule is COC[C@@H](C)NC(=O)[C@@H](Cc1ccccc1)NS(=O)(=O)c1ccc(OC)c(C)c1. The van der Waals surface area contributed by atoms with E-state index in [4.69, 9.17) is 9.47 Å². The summed E-state index contributed by atoms with van der Waals surface area (Å²) in [7, 11) is -0.853. The molecule has 1 amide bonds. The number of nitrogens with one attached hydrogen (secondary N) is 2. The molecule has 0 saturated heterocycles. The number of aryl methyl sites for hydroxylation is 1. The van der Waals surface area contributed by atoms with Gasteiger partial charge in [-0.15, -0.1) is 0 Å². The fraction of sp³-hybridized carbons (Fsp3) is 0.381. The summed E-state index contributed by atoms with van der Waals surface area (Å²) in [4.78, 5) is 12.9. The van der Waals surface area contributed by atoms with Gasteiger partial charge in [0.25, 0.3) is 0 Å². The van der Waals surface area contributed by atoms with Crippen molar-refractivity contribution in [3.63, 3.8) is 0 Å². The summed E-state index contributed by atoms with van der Waals surface area (Å²) in [5.74, 6) is 0.183. The third kappa shape index (κ3) is 6.56. The highest BCUT2D eigenvalue weighted by Gasteiger charge is 2.27. The lowest BCUT2D eigenvalue weighted by atomic mass is 10.1. The van der Waals surface area contributed by atoms with Crippen LogP contribution in [0.25, 0.3) is 0 Å². The molecule has 0 saturated carbocycles. The molecule has 0 radical (unpaired) electrons. The van der Waals surface area contributed by atoms with Gasteiger partial charge in [0, 0.05) is 13.2 Å². The van der Waals surface area contributed by atoms with Crippen LogP contribution in [0, 0.1) is 6.92 Å². The molecule has 2 aromatic carbocycles. The van der Waals surface area contributed by atoms with Crippen LogP contribution in [0.5, 0.6) is 5.75 Å². The molecular formula is C21H28N2O5S. The van der Waals surface area contributed by atoms with Crippen molar-refractivity contribution < 1.29 is 22.7 Å². The van der Waals surface area contributed by atoms with Gasteiger partial charge in [-0.05, 0) is 49.6 Å². The van der Waals surface area contributed by atoms with Crippen molar-refractivity contribution in [2.75, 3.05) is 20.8 Å². The lowest BCUT2D eigenvalue weighted by Gasteiger charge is -2.21. The minimum Gasteiger partial charge on any atom is -0.496 e. The Morgan fingerprint density at radius 1 is 1.10 bits per heavy atom. The summed E-state index contributed by atoms with van der Waals surface area (Å²) in [5.41, 5.74) is 1.54. The third-order valence-corrected chi connectivity index (χ3v) is 5.85. The van der Waals surface area contributed by atoms with E-state index in [9.17, 15) is 13.2 Å². The number of rotatable bonds is 10. The molecule has 0 aliphatic heterocycles. The van der Waals surface area contributed by atoms with Gasteiger partial charge < -0.3 is 14.8 Å². The molecule has 2 rings (SSSR count). The second-order valence-corrected chi connectivity index (χ2v) is 8.57. The average molecular weight is 421 g/mol. The van der Waals surface area contributed by atoms with Crippen LogP contribution in [0.2, 0.25) is 0 Å². The minimum atomic E-state index is -3.92. The van der Waals surface area contributed by atoms with Crippen molar-refractivity contribution in [1.29, 1.82) is 0 Å². The van der Waals surface area contributed by atoms with Crippen molar-refractivity contribution in [2.45, 2.75) is 37.2 Å². The fourth-order valence-electron chi connectivity index (χ4n) is 2.95. The zero-order chi connectivity index (χ0) is 21.4. The molecule has 0 spiro atoms. The van der Waals surface area contributed by atoms with Crippen LogP contribution in [0.3, 0.4) is 0 Å². The van der Waals surface area contributed by atoms with Crippen LogP contribution < -0.4 is 14.8 Å². The smallest absolute Gasteiger partial charge is 0.241 e. The number of benzene rings is 2. The number of hydrogen-bond acceptors (Lipinski definition) is 5. The summed E-state index contributed by atoms with van der Waals surface area (Å²) >= 11 is 0. The van der Waals surface area contributed by atoms with Gasteiger partial charge in [-0.1, -0.05) is 30.3 Å². The predicted molar refractivity (Wildman–Crippen MR) is 111 cm³/mol. The molecule has 0 fully saturated rings. The number of carbonyl (C=O) groups is 1. The number of amides is 1. The van der Waals surface area contributed by atoms with E-state index in [0.717, 1.165) is 5.56 Å². The average Bonchev–Trinajstić information content (AvgIpc) is 2.68. The number of sulfonamides is 1. The Balaban J connectivity index is 2.27. The molecule has 0 aliphatic rings. The monoisotopic (exact) mass is 420 g/mol. The van der Waals surface area contributed by atoms with E-state index in [2.05, 4.69) is 10.0 Å². The molecule has 8 heteroatoms. The van der Waals surface area contributed by atoms with E-state index in [-0.39, 0.29) is 17.4 Å². The molecule has 158 valence electrons. The molecule has 2 N–H and O–H groups in total. The first-order chi connectivity index (χ1) is 13.8. The Hall–Kier alpha value is -2.42. The lowest BCUT2D eigenvalue weighted by molar-refractivity contribution is -0.123. The Labute approximate surface area is 172 Å². The second-order valence-electron chi connectivity index (χ2n) is 6.86. The standard InChI is InChI=1S/C21H28N2O5S/c1-15-12-18(10-11-20(15)28-4)29(25,26)23-19(13-17-8-6-5-7-9-17)21(24)22-16(2)14-27-3/h5-12,16,19,23H,13-14H2,1-4H3,(H,22,24)/t16-,19-/m1/s1. The molecule has 29 heavy (non-hydrogen) atoms. The Morgan fingerprint density at radius 3 is 2.38 bits per heavy atom. The van der Waals surface area contributed by atoms with Gasteiger partial charge in [-0.3, -0.25) is 4.79 Å². The first-order valence-electron chi connectivity index (χ1n) is 9.27. The van der Waals surface area contributed by atoms with Crippen LogP contribution >= 0.6 is 0 Å². The van der Waals surface area contributed by atoms with Gasteiger partial charge in [0.05, 0.1) is 18.6 Å². The predicted octanol–water partition coefficient (Wildman–Crippen LogP) is 2.04. The Morgan fingerprint density at radius 2 is 1.79 bits per heavy atom. The maximum absolute atomic E-state index is 12.9. The second kappa shape index (κ2) is 10.4. The largest absolute Gasteiger partial charge is 0.496 e. The fourth-order valence-corrected chi connectivity index (χ4v) is 4.23. The molecule has 0 heterocycles. The Bertz CT molecular complexity index is 916. The van der Waals surface area contributed by atoms with Gasteiger partial charge >= 0.3 is 0 Å².